The Morgan fingerprint density at radius 3 is 2.78 bits per heavy atom. The molecule has 3 aromatic heterocycles. The van der Waals surface area contributed by atoms with Crippen LogP contribution < -0.4 is 15.4 Å². The first-order chi connectivity index (χ1) is 15.6. The summed E-state index contributed by atoms with van der Waals surface area (Å²) in [5.74, 6) is 1.88. The van der Waals surface area contributed by atoms with Gasteiger partial charge in [0.1, 0.15) is 11.6 Å². The zero-order valence-corrected chi connectivity index (χ0v) is 19.3. The molecular weight excluding hydrogens is 416 g/mol. The summed E-state index contributed by atoms with van der Waals surface area (Å²) in [5.41, 5.74) is 9.52. The lowest BCUT2D eigenvalue weighted by Gasteiger charge is -2.30. The van der Waals surface area contributed by atoms with Crippen LogP contribution in [-0.2, 0) is 6.54 Å². The first-order valence-corrected chi connectivity index (χ1v) is 11.9. The van der Waals surface area contributed by atoms with E-state index in [2.05, 4.69) is 47.1 Å². The van der Waals surface area contributed by atoms with Gasteiger partial charge in [0.25, 0.3) is 0 Å². The van der Waals surface area contributed by atoms with Crippen LogP contribution in [0.2, 0.25) is 0 Å². The first-order valence-electron chi connectivity index (χ1n) is 11.1. The van der Waals surface area contributed by atoms with Crippen molar-refractivity contribution in [1.29, 1.82) is 0 Å². The Morgan fingerprint density at radius 1 is 1.12 bits per heavy atom. The molecule has 3 heterocycles. The Bertz CT molecular complexity index is 1220. The first kappa shape index (κ1) is 20.9. The van der Waals surface area contributed by atoms with E-state index in [-0.39, 0.29) is 6.04 Å². The van der Waals surface area contributed by atoms with Crippen LogP contribution in [0, 0.1) is 6.92 Å². The number of aryl methyl sites for hydroxylation is 1. The Hall–Kier alpha value is -2.96. The van der Waals surface area contributed by atoms with Crippen molar-refractivity contribution < 1.29 is 4.74 Å². The van der Waals surface area contributed by atoms with Crippen molar-refractivity contribution in [3.63, 3.8) is 0 Å². The zero-order valence-electron chi connectivity index (χ0n) is 18.5. The zero-order chi connectivity index (χ0) is 22.1. The van der Waals surface area contributed by atoms with Gasteiger partial charge in [0.05, 0.1) is 29.7 Å². The molecule has 5 nitrogen and oxygen atoms in total. The number of pyridine rings is 2. The van der Waals surface area contributed by atoms with Gasteiger partial charge < -0.3 is 15.4 Å². The quantitative estimate of drug-likeness (QED) is 0.422. The van der Waals surface area contributed by atoms with Gasteiger partial charge in [-0.15, -0.1) is 11.3 Å². The highest BCUT2D eigenvalue weighted by molar-refractivity contribution is 7.15. The molecule has 32 heavy (non-hydrogen) atoms. The summed E-state index contributed by atoms with van der Waals surface area (Å²) >= 11 is 1.80. The number of ether oxygens (including phenoxy) is 1. The minimum absolute atomic E-state index is 0.265. The van der Waals surface area contributed by atoms with Crippen LogP contribution in [-0.4, -0.2) is 29.2 Å². The minimum Gasteiger partial charge on any atom is -0.497 e. The molecule has 0 radical (unpaired) electrons. The third-order valence-corrected chi connectivity index (χ3v) is 7.39. The van der Waals surface area contributed by atoms with E-state index in [9.17, 15) is 0 Å². The number of methoxy groups -OCH3 is 1. The summed E-state index contributed by atoms with van der Waals surface area (Å²) in [6.07, 6.45) is 5.01. The molecule has 5 rings (SSSR count). The number of hydrogen-bond donors (Lipinski definition) is 1. The van der Waals surface area contributed by atoms with Crippen LogP contribution in [0.5, 0.6) is 5.75 Å². The van der Waals surface area contributed by atoms with Crippen molar-refractivity contribution in [2.24, 2.45) is 5.73 Å². The lowest BCUT2D eigenvalue weighted by atomic mass is 10.1. The van der Waals surface area contributed by atoms with Gasteiger partial charge in [0.15, 0.2) is 0 Å². The lowest BCUT2D eigenvalue weighted by molar-refractivity contribution is 0.415. The van der Waals surface area contributed by atoms with Gasteiger partial charge in [-0.3, -0.25) is 4.98 Å². The van der Waals surface area contributed by atoms with Gasteiger partial charge in [-0.2, -0.15) is 0 Å². The van der Waals surface area contributed by atoms with E-state index in [0.717, 1.165) is 54.0 Å². The number of rotatable bonds is 6. The van der Waals surface area contributed by atoms with Crippen LogP contribution in [0.3, 0.4) is 0 Å². The molecule has 164 valence electrons. The van der Waals surface area contributed by atoms with Crippen LogP contribution in [0.4, 0.5) is 5.82 Å². The predicted molar refractivity (Wildman–Crippen MR) is 132 cm³/mol. The number of hydrogen-bond acceptors (Lipinski definition) is 6. The summed E-state index contributed by atoms with van der Waals surface area (Å²) < 4.78 is 5.41. The van der Waals surface area contributed by atoms with E-state index >= 15 is 0 Å². The second-order valence-electron chi connectivity index (χ2n) is 8.52. The van der Waals surface area contributed by atoms with Gasteiger partial charge in [-0.05, 0) is 80.3 Å². The Labute approximate surface area is 192 Å². The van der Waals surface area contributed by atoms with E-state index in [4.69, 9.17) is 15.5 Å². The lowest BCUT2D eigenvalue weighted by Crippen LogP contribution is -2.34. The molecule has 0 bridgehead atoms. The molecule has 1 fully saturated rings. The molecule has 0 aliphatic heterocycles. The van der Waals surface area contributed by atoms with Crippen LogP contribution in [0.15, 0.2) is 60.8 Å². The molecule has 6 heteroatoms. The summed E-state index contributed by atoms with van der Waals surface area (Å²) in [4.78, 5) is 14.5. The number of nitrogens with two attached hydrogens (primary N) is 1. The maximum atomic E-state index is 6.30. The minimum atomic E-state index is 0.265. The average molecular weight is 445 g/mol. The highest BCUT2D eigenvalue weighted by atomic mass is 32.1. The number of anilines is 1. The van der Waals surface area contributed by atoms with E-state index < -0.39 is 0 Å². The fraction of sp³-hybridized carbons (Fsp3) is 0.308. The molecule has 1 aliphatic carbocycles. The van der Waals surface area contributed by atoms with Gasteiger partial charge in [0.2, 0.25) is 0 Å². The van der Waals surface area contributed by atoms with Crippen LogP contribution in [0.1, 0.15) is 29.7 Å². The predicted octanol–water partition coefficient (Wildman–Crippen LogP) is 5.56. The topological polar surface area (TPSA) is 64.3 Å². The smallest absolute Gasteiger partial charge is 0.130 e. The standard InChI is InChI=1S/C26H28N4OS/c1-17-13-26(29-23-10-8-20(31-2)15-22(17)23)30(19-7-6-18(27)14-19)16-21-9-11-25(32-21)24-5-3-4-12-28-24/h3-5,8-13,15,18-19H,6-7,14,16,27H2,1-2H3/t18-,19-/m0/s1. The summed E-state index contributed by atoms with van der Waals surface area (Å²) in [5, 5.41) is 1.13. The van der Waals surface area contributed by atoms with Crippen molar-refractivity contribution in [2.75, 3.05) is 12.0 Å². The number of fused-ring (bicyclic) bond motifs is 1. The fourth-order valence-electron chi connectivity index (χ4n) is 4.58. The fourth-order valence-corrected chi connectivity index (χ4v) is 5.56. The maximum Gasteiger partial charge on any atom is 0.130 e. The molecule has 4 aromatic rings. The molecule has 0 amide bonds. The third-order valence-electron chi connectivity index (χ3n) is 6.29. The van der Waals surface area contributed by atoms with Gasteiger partial charge in [-0.1, -0.05) is 6.07 Å². The molecule has 1 aliphatic rings. The van der Waals surface area contributed by atoms with E-state index in [1.807, 2.05) is 30.5 Å². The van der Waals surface area contributed by atoms with E-state index in [1.165, 1.54) is 15.3 Å². The molecular formula is C26H28N4OS. The van der Waals surface area contributed by atoms with Crippen molar-refractivity contribution in [3.05, 3.63) is 71.2 Å². The second kappa shape index (κ2) is 8.88. The SMILES string of the molecule is COc1ccc2nc(N(Cc3ccc(-c4ccccn4)s3)[C@H]3CC[C@H](N)C3)cc(C)c2c1. The van der Waals surface area contributed by atoms with Crippen LogP contribution in [0.25, 0.3) is 21.5 Å². The molecule has 2 atom stereocenters. The average Bonchev–Trinajstić information content (AvgIpc) is 3.47. The van der Waals surface area contributed by atoms with Crippen molar-refractivity contribution in [2.45, 2.75) is 44.8 Å². The van der Waals surface area contributed by atoms with Crippen molar-refractivity contribution in [3.8, 4) is 16.3 Å². The monoisotopic (exact) mass is 444 g/mol. The summed E-state index contributed by atoms with van der Waals surface area (Å²) in [6, 6.07) is 19.4. The van der Waals surface area contributed by atoms with Crippen LogP contribution >= 0.6 is 11.3 Å². The van der Waals surface area contributed by atoms with Crippen molar-refractivity contribution >= 4 is 28.1 Å². The molecule has 0 unspecified atom stereocenters. The van der Waals surface area contributed by atoms with Crippen molar-refractivity contribution in [1.82, 2.24) is 9.97 Å². The normalized spacial score (nSPS) is 18.2. The molecule has 2 N–H and O–H groups in total. The third kappa shape index (κ3) is 4.20. The highest BCUT2D eigenvalue weighted by Gasteiger charge is 2.29. The largest absolute Gasteiger partial charge is 0.497 e. The molecule has 0 spiro atoms. The molecule has 1 saturated carbocycles. The van der Waals surface area contributed by atoms with E-state index in [1.54, 1.807) is 18.4 Å². The van der Waals surface area contributed by atoms with Gasteiger partial charge in [-0.25, -0.2) is 4.98 Å². The summed E-state index contributed by atoms with van der Waals surface area (Å²) in [6.45, 7) is 2.97. The highest BCUT2D eigenvalue weighted by Crippen LogP contribution is 2.34. The van der Waals surface area contributed by atoms with E-state index in [0.29, 0.717) is 6.04 Å². The molecule has 0 saturated heterocycles. The Kier molecular flexibility index (Phi) is 5.81. The number of thiophene rings is 1. The number of benzene rings is 1. The number of aromatic nitrogens is 2. The Morgan fingerprint density at radius 2 is 2.03 bits per heavy atom. The van der Waals surface area contributed by atoms with Gasteiger partial charge >= 0.3 is 0 Å². The maximum absolute atomic E-state index is 6.30. The Balaban J connectivity index is 1.50. The molecule has 1 aromatic carbocycles. The number of nitrogens with zero attached hydrogens (tertiary/aromatic N) is 3. The van der Waals surface area contributed by atoms with Gasteiger partial charge in [0, 0.05) is 28.5 Å². The summed E-state index contributed by atoms with van der Waals surface area (Å²) in [7, 11) is 1.70. The second-order valence-corrected chi connectivity index (χ2v) is 9.68.